The molecule has 1 amide bonds. The van der Waals surface area contributed by atoms with Crippen molar-refractivity contribution in [2.24, 2.45) is 0 Å². The number of benzene rings is 3. The van der Waals surface area contributed by atoms with Gasteiger partial charge in [-0.3, -0.25) is 13.8 Å². The zero-order valence-electron chi connectivity index (χ0n) is 17.7. The van der Waals surface area contributed by atoms with Crippen molar-refractivity contribution in [3.63, 3.8) is 0 Å². The highest BCUT2D eigenvalue weighted by atomic mass is 32.2. The van der Waals surface area contributed by atoms with Crippen LogP contribution in [-0.4, -0.2) is 36.0 Å². The molecule has 0 atom stereocenters. The van der Waals surface area contributed by atoms with Crippen LogP contribution in [-0.2, 0) is 20.0 Å². The number of rotatable bonds is 7. The summed E-state index contributed by atoms with van der Waals surface area (Å²) in [5.41, 5.74) is 2.13. The lowest BCUT2D eigenvalue weighted by molar-refractivity contribution is 0.102. The molecule has 32 heavy (non-hydrogen) atoms. The van der Waals surface area contributed by atoms with Crippen LogP contribution >= 0.6 is 0 Å². The van der Waals surface area contributed by atoms with Crippen molar-refractivity contribution in [3.05, 3.63) is 83.9 Å². The summed E-state index contributed by atoms with van der Waals surface area (Å²) in [5.74, 6) is -0.524. The fraction of sp³-hybridized carbons (Fsp3) is 0.136. The molecule has 0 radical (unpaired) electrons. The third kappa shape index (κ3) is 5.45. The molecule has 0 aliphatic carbocycles. The molecule has 0 heterocycles. The first-order valence-corrected chi connectivity index (χ1v) is 12.8. The summed E-state index contributed by atoms with van der Waals surface area (Å²) >= 11 is 0. The lowest BCUT2D eigenvalue weighted by Gasteiger charge is -2.19. The minimum atomic E-state index is -3.80. The number of amides is 1. The van der Waals surface area contributed by atoms with Crippen molar-refractivity contribution in [2.45, 2.75) is 11.8 Å². The smallest absolute Gasteiger partial charge is 0.261 e. The van der Waals surface area contributed by atoms with Gasteiger partial charge < -0.3 is 5.32 Å². The Hall–Kier alpha value is -3.37. The SMILES string of the molecule is Cc1cccc(NS(=O)(=O)c2ccc(NC(=O)c3ccccc3N(C)S(C)(=O)=O)cc2)c1. The number of hydrogen-bond acceptors (Lipinski definition) is 5. The molecule has 0 fully saturated rings. The van der Waals surface area contributed by atoms with E-state index in [0.717, 1.165) is 16.1 Å². The fourth-order valence-corrected chi connectivity index (χ4v) is 4.52. The van der Waals surface area contributed by atoms with Gasteiger partial charge in [0.25, 0.3) is 15.9 Å². The topological polar surface area (TPSA) is 113 Å². The molecule has 0 aliphatic rings. The quantitative estimate of drug-likeness (QED) is 0.546. The normalized spacial score (nSPS) is 11.6. The Labute approximate surface area is 188 Å². The zero-order chi connectivity index (χ0) is 23.5. The number of carbonyl (C=O) groups is 1. The highest BCUT2D eigenvalue weighted by Gasteiger charge is 2.20. The van der Waals surface area contributed by atoms with E-state index < -0.39 is 26.0 Å². The Morgan fingerprint density at radius 1 is 0.844 bits per heavy atom. The molecule has 0 bridgehead atoms. The lowest BCUT2D eigenvalue weighted by Crippen LogP contribution is -2.27. The van der Waals surface area contributed by atoms with Crippen molar-refractivity contribution in [1.29, 1.82) is 0 Å². The van der Waals surface area contributed by atoms with Crippen LogP contribution in [0.1, 0.15) is 15.9 Å². The van der Waals surface area contributed by atoms with Gasteiger partial charge in [-0.05, 0) is 61.0 Å². The van der Waals surface area contributed by atoms with Gasteiger partial charge in [-0.15, -0.1) is 0 Å². The van der Waals surface area contributed by atoms with Crippen LogP contribution in [0.5, 0.6) is 0 Å². The summed E-state index contributed by atoms with van der Waals surface area (Å²) in [6.45, 7) is 1.86. The lowest BCUT2D eigenvalue weighted by atomic mass is 10.1. The second-order valence-electron chi connectivity index (χ2n) is 7.20. The first kappa shape index (κ1) is 23.3. The molecule has 3 rings (SSSR count). The highest BCUT2D eigenvalue weighted by Crippen LogP contribution is 2.24. The number of hydrogen-bond donors (Lipinski definition) is 2. The molecule has 2 N–H and O–H groups in total. The van der Waals surface area contributed by atoms with E-state index in [4.69, 9.17) is 0 Å². The van der Waals surface area contributed by atoms with Crippen molar-refractivity contribution < 1.29 is 21.6 Å². The molecule has 0 saturated heterocycles. The third-order valence-electron chi connectivity index (χ3n) is 4.68. The van der Waals surface area contributed by atoms with E-state index in [2.05, 4.69) is 10.0 Å². The van der Waals surface area contributed by atoms with Gasteiger partial charge in [0.1, 0.15) is 0 Å². The van der Waals surface area contributed by atoms with Gasteiger partial charge >= 0.3 is 0 Å². The molecule has 0 aliphatic heterocycles. The molecule has 0 spiro atoms. The van der Waals surface area contributed by atoms with E-state index in [1.807, 2.05) is 13.0 Å². The predicted molar refractivity (Wildman–Crippen MR) is 126 cm³/mol. The Kier molecular flexibility index (Phi) is 6.56. The Morgan fingerprint density at radius 3 is 2.12 bits per heavy atom. The molecule has 10 heteroatoms. The van der Waals surface area contributed by atoms with Gasteiger partial charge in [-0.25, -0.2) is 16.8 Å². The van der Waals surface area contributed by atoms with E-state index in [1.165, 1.54) is 43.4 Å². The molecule has 0 aromatic heterocycles. The maximum atomic E-state index is 12.8. The van der Waals surface area contributed by atoms with Crippen LogP contribution in [0.4, 0.5) is 17.1 Å². The van der Waals surface area contributed by atoms with E-state index in [1.54, 1.807) is 30.3 Å². The molecule has 3 aromatic rings. The average molecular weight is 474 g/mol. The van der Waals surface area contributed by atoms with Crippen molar-refractivity contribution in [2.75, 3.05) is 27.6 Å². The van der Waals surface area contributed by atoms with Crippen LogP contribution < -0.4 is 14.3 Å². The number of sulfonamides is 2. The predicted octanol–water partition coefficient (Wildman–Crippen LogP) is 3.44. The minimum Gasteiger partial charge on any atom is -0.322 e. The van der Waals surface area contributed by atoms with Crippen LogP contribution in [0, 0.1) is 6.92 Å². The van der Waals surface area contributed by atoms with Gasteiger partial charge in [0.05, 0.1) is 22.4 Å². The molecule has 3 aromatic carbocycles. The van der Waals surface area contributed by atoms with E-state index >= 15 is 0 Å². The van der Waals surface area contributed by atoms with E-state index in [9.17, 15) is 21.6 Å². The molecular weight excluding hydrogens is 450 g/mol. The first-order valence-electron chi connectivity index (χ1n) is 9.51. The van der Waals surface area contributed by atoms with Crippen LogP contribution in [0.25, 0.3) is 0 Å². The van der Waals surface area contributed by atoms with Crippen molar-refractivity contribution in [1.82, 2.24) is 0 Å². The molecule has 0 unspecified atom stereocenters. The number of anilines is 3. The van der Waals surface area contributed by atoms with Gasteiger partial charge in [0, 0.05) is 18.4 Å². The van der Waals surface area contributed by atoms with Gasteiger partial charge in [0.15, 0.2) is 0 Å². The zero-order valence-corrected chi connectivity index (χ0v) is 19.4. The Balaban J connectivity index is 1.79. The Bertz CT molecular complexity index is 1350. The third-order valence-corrected chi connectivity index (χ3v) is 7.27. The largest absolute Gasteiger partial charge is 0.322 e. The van der Waals surface area contributed by atoms with Gasteiger partial charge in [-0.1, -0.05) is 24.3 Å². The summed E-state index contributed by atoms with van der Waals surface area (Å²) < 4.78 is 52.5. The molecule has 168 valence electrons. The first-order chi connectivity index (χ1) is 15.0. The van der Waals surface area contributed by atoms with Crippen LogP contribution in [0.3, 0.4) is 0 Å². The maximum absolute atomic E-state index is 12.8. The van der Waals surface area contributed by atoms with Gasteiger partial charge in [0.2, 0.25) is 10.0 Å². The number of aryl methyl sites for hydroxylation is 1. The Morgan fingerprint density at radius 2 is 1.50 bits per heavy atom. The average Bonchev–Trinajstić information content (AvgIpc) is 2.72. The number of nitrogens with zero attached hydrogens (tertiary/aromatic N) is 1. The molecule has 0 saturated carbocycles. The van der Waals surface area contributed by atoms with Gasteiger partial charge in [-0.2, -0.15) is 0 Å². The highest BCUT2D eigenvalue weighted by molar-refractivity contribution is 7.92. The molecule has 8 nitrogen and oxygen atoms in total. The second-order valence-corrected chi connectivity index (χ2v) is 10.9. The standard InChI is InChI=1S/C22H23N3O5S2/c1-16-7-6-8-18(15-16)24-32(29,30)19-13-11-17(12-14-19)23-22(26)20-9-4-5-10-21(20)25(2)31(3,27)28/h4-15,24H,1-3H3,(H,23,26). The van der Waals surface area contributed by atoms with Crippen molar-refractivity contribution in [3.8, 4) is 0 Å². The van der Waals surface area contributed by atoms with Crippen LogP contribution in [0.2, 0.25) is 0 Å². The summed E-state index contributed by atoms with van der Waals surface area (Å²) in [6, 6.07) is 19.0. The number of carbonyl (C=O) groups excluding carboxylic acids is 1. The van der Waals surface area contributed by atoms with Crippen LogP contribution in [0.15, 0.2) is 77.7 Å². The summed E-state index contributed by atoms with van der Waals surface area (Å²) in [5, 5.41) is 2.67. The molecular formula is C22H23N3O5S2. The number of para-hydroxylation sites is 1. The van der Waals surface area contributed by atoms with E-state index in [0.29, 0.717) is 11.4 Å². The summed E-state index contributed by atoms with van der Waals surface area (Å²) in [4.78, 5) is 12.8. The summed E-state index contributed by atoms with van der Waals surface area (Å²) in [6.07, 6.45) is 1.05. The minimum absolute atomic E-state index is 0.0363. The fourth-order valence-electron chi connectivity index (χ4n) is 2.96. The maximum Gasteiger partial charge on any atom is 0.261 e. The van der Waals surface area contributed by atoms with Crippen molar-refractivity contribution >= 4 is 43.0 Å². The number of nitrogens with one attached hydrogen (secondary N) is 2. The second kappa shape index (κ2) is 9.01. The monoisotopic (exact) mass is 473 g/mol. The van der Waals surface area contributed by atoms with E-state index in [-0.39, 0.29) is 16.1 Å². The summed E-state index contributed by atoms with van der Waals surface area (Å²) in [7, 11) is -5.99.